The second-order valence-corrected chi connectivity index (χ2v) is 9.22. The molecule has 1 heterocycles. The minimum Gasteiger partial charge on any atom is -0.480 e. The van der Waals surface area contributed by atoms with E-state index in [0.29, 0.717) is 12.8 Å². The van der Waals surface area contributed by atoms with Crippen LogP contribution in [0.15, 0.2) is 0 Å². The number of rotatable bonds is 5. The standard InChI is InChI=1S/C15H23NO6S/c1-14(2)9-3-4-15(14,12(17)5-9)8-23(20,21)22-10-6-11(13(18)19)16-7-10/h9-11,16H,3-8H2,1-2H3,(H,18,19)/t9-,10-,11+,15-/m1/s1. The van der Waals surface area contributed by atoms with Crippen LogP contribution >= 0.6 is 0 Å². The molecule has 3 aliphatic rings. The fraction of sp³-hybridized carbons (Fsp3) is 0.867. The quantitative estimate of drug-likeness (QED) is 0.700. The summed E-state index contributed by atoms with van der Waals surface area (Å²) in [6.07, 6.45) is 1.35. The summed E-state index contributed by atoms with van der Waals surface area (Å²) in [5.41, 5.74) is -1.19. The Morgan fingerprint density at radius 3 is 2.61 bits per heavy atom. The van der Waals surface area contributed by atoms with Crippen LogP contribution in [0.1, 0.15) is 39.5 Å². The third kappa shape index (κ3) is 2.60. The van der Waals surface area contributed by atoms with E-state index in [-0.39, 0.29) is 35.8 Å². The lowest BCUT2D eigenvalue weighted by molar-refractivity contribution is -0.139. The van der Waals surface area contributed by atoms with Gasteiger partial charge in [0.1, 0.15) is 11.8 Å². The predicted molar refractivity (Wildman–Crippen MR) is 81.3 cm³/mol. The van der Waals surface area contributed by atoms with Gasteiger partial charge in [0.25, 0.3) is 10.1 Å². The lowest BCUT2D eigenvalue weighted by Gasteiger charge is -2.36. The molecule has 2 aliphatic carbocycles. The first-order valence-corrected chi connectivity index (χ1v) is 9.56. The molecule has 0 radical (unpaired) electrons. The summed E-state index contributed by atoms with van der Waals surface area (Å²) in [6.45, 7) is 4.13. The van der Waals surface area contributed by atoms with Crippen molar-refractivity contribution in [2.45, 2.75) is 51.7 Å². The number of hydrogen-bond acceptors (Lipinski definition) is 6. The van der Waals surface area contributed by atoms with Gasteiger partial charge in [-0.2, -0.15) is 8.42 Å². The number of hydrogen-bond donors (Lipinski definition) is 2. The summed E-state index contributed by atoms with van der Waals surface area (Å²) in [7, 11) is -3.90. The molecule has 1 aliphatic heterocycles. The first-order chi connectivity index (χ1) is 10.6. The molecule has 2 bridgehead atoms. The molecule has 2 saturated carbocycles. The van der Waals surface area contributed by atoms with E-state index in [2.05, 4.69) is 5.32 Å². The van der Waals surface area contributed by atoms with Gasteiger partial charge >= 0.3 is 5.97 Å². The van der Waals surface area contributed by atoms with Crippen molar-refractivity contribution in [1.29, 1.82) is 0 Å². The Kier molecular flexibility index (Phi) is 3.85. The first-order valence-electron chi connectivity index (χ1n) is 7.98. The molecule has 0 unspecified atom stereocenters. The fourth-order valence-corrected chi connectivity index (χ4v) is 6.53. The van der Waals surface area contributed by atoms with E-state index >= 15 is 0 Å². The van der Waals surface area contributed by atoms with Crippen LogP contribution in [-0.2, 0) is 23.9 Å². The highest BCUT2D eigenvalue weighted by Gasteiger charge is 2.65. The van der Waals surface area contributed by atoms with Crippen LogP contribution in [0.3, 0.4) is 0 Å². The van der Waals surface area contributed by atoms with Crippen molar-refractivity contribution in [3.63, 3.8) is 0 Å². The normalized spacial score (nSPS) is 39.0. The highest BCUT2D eigenvalue weighted by Crippen LogP contribution is 2.64. The van der Waals surface area contributed by atoms with Crippen molar-refractivity contribution >= 4 is 21.9 Å². The molecule has 1 saturated heterocycles. The second kappa shape index (κ2) is 5.26. The molecule has 4 atom stereocenters. The summed E-state index contributed by atoms with van der Waals surface area (Å²) in [5, 5.41) is 11.7. The molecule has 2 N–H and O–H groups in total. The van der Waals surface area contributed by atoms with Gasteiger partial charge in [0.2, 0.25) is 0 Å². The number of fused-ring (bicyclic) bond motifs is 2. The Morgan fingerprint density at radius 1 is 1.43 bits per heavy atom. The summed E-state index contributed by atoms with van der Waals surface area (Å²) >= 11 is 0. The van der Waals surface area contributed by atoms with Crippen LogP contribution in [0.2, 0.25) is 0 Å². The summed E-state index contributed by atoms with van der Waals surface area (Å²) in [6, 6.07) is -0.784. The highest BCUT2D eigenvalue weighted by molar-refractivity contribution is 7.86. The zero-order chi connectivity index (χ0) is 17.0. The van der Waals surface area contributed by atoms with Gasteiger partial charge in [-0.05, 0) is 24.2 Å². The number of carbonyl (C=O) groups excluding carboxylic acids is 1. The van der Waals surface area contributed by atoms with E-state index in [0.717, 1.165) is 6.42 Å². The molecule has 0 aromatic heterocycles. The van der Waals surface area contributed by atoms with Crippen LogP contribution in [0, 0.1) is 16.7 Å². The third-order valence-electron chi connectivity index (χ3n) is 6.23. The first kappa shape index (κ1) is 16.9. The zero-order valence-corrected chi connectivity index (χ0v) is 14.2. The lowest BCUT2D eigenvalue weighted by atomic mass is 9.70. The average molecular weight is 345 g/mol. The molecular formula is C15H23NO6S. The van der Waals surface area contributed by atoms with Gasteiger partial charge < -0.3 is 10.4 Å². The predicted octanol–water partition coefficient (Wildman–Crippen LogP) is 0.543. The van der Waals surface area contributed by atoms with Gasteiger partial charge in [-0.25, -0.2) is 0 Å². The Bertz CT molecular complexity index is 642. The van der Waals surface area contributed by atoms with E-state index in [4.69, 9.17) is 9.29 Å². The van der Waals surface area contributed by atoms with Crippen LogP contribution in [0.5, 0.6) is 0 Å². The van der Waals surface area contributed by atoms with Crippen LogP contribution in [0.4, 0.5) is 0 Å². The maximum atomic E-state index is 12.5. The number of ketones is 1. The molecule has 7 nitrogen and oxygen atoms in total. The van der Waals surface area contributed by atoms with Crippen molar-refractivity contribution < 1.29 is 27.3 Å². The number of Topliss-reactive ketones (excluding diaryl/α,β-unsaturated/α-hetero) is 1. The summed E-state index contributed by atoms with van der Waals surface area (Å²) in [4.78, 5) is 23.3. The minimum atomic E-state index is -3.90. The van der Waals surface area contributed by atoms with E-state index in [1.165, 1.54) is 0 Å². The highest BCUT2D eigenvalue weighted by atomic mass is 32.2. The molecule has 0 amide bonds. The van der Waals surface area contributed by atoms with Gasteiger partial charge in [-0.3, -0.25) is 13.8 Å². The van der Waals surface area contributed by atoms with Crippen molar-refractivity contribution in [2.75, 3.05) is 12.3 Å². The van der Waals surface area contributed by atoms with Gasteiger partial charge in [-0.1, -0.05) is 13.8 Å². The Hall–Kier alpha value is -0.990. The maximum absolute atomic E-state index is 12.5. The third-order valence-corrected chi connectivity index (χ3v) is 7.65. The molecule has 0 spiro atoms. The van der Waals surface area contributed by atoms with Crippen LogP contribution < -0.4 is 5.32 Å². The number of carbonyl (C=O) groups is 2. The summed E-state index contributed by atoms with van der Waals surface area (Å²) in [5.74, 6) is -1.04. The van der Waals surface area contributed by atoms with E-state index in [1.807, 2.05) is 13.8 Å². The van der Waals surface area contributed by atoms with Crippen LogP contribution in [0.25, 0.3) is 0 Å². The Labute approximate surface area is 135 Å². The zero-order valence-electron chi connectivity index (χ0n) is 13.4. The van der Waals surface area contributed by atoms with Gasteiger partial charge in [0.05, 0.1) is 17.3 Å². The van der Waals surface area contributed by atoms with Crippen molar-refractivity contribution in [2.24, 2.45) is 16.7 Å². The molecule has 3 fully saturated rings. The van der Waals surface area contributed by atoms with Crippen molar-refractivity contribution in [3.05, 3.63) is 0 Å². The average Bonchev–Trinajstić information content (AvgIpc) is 3.01. The van der Waals surface area contributed by atoms with Gasteiger partial charge in [-0.15, -0.1) is 0 Å². The number of carboxylic acid groups (broad SMARTS) is 1. The molecule has 0 aromatic rings. The molecular weight excluding hydrogens is 322 g/mol. The molecule has 8 heteroatoms. The van der Waals surface area contributed by atoms with Crippen LogP contribution in [-0.4, -0.2) is 49.7 Å². The molecule has 0 aromatic carbocycles. The molecule has 130 valence electrons. The monoisotopic (exact) mass is 345 g/mol. The summed E-state index contributed by atoms with van der Waals surface area (Å²) < 4.78 is 30.2. The largest absolute Gasteiger partial charge is 0.480 e. The second-order valence-electron chi connectivity index (χ2n) is 7.62. The maximum Gasteiger partial charge on any atom is 0.320 e. The lowest BCUT2D eigenvalue weighted by Crippen LogP contribution is -2.43. The Morgan fingerprint density at radius 2 is 2.13 bits per heavy atom. The topological polar surface area (TPSA) is 110 Å². The SMILES string of the molecule is CC1(C)[C@@H]2CC[C@@]1(CS(=O)(=O)O[C@H]1CN[C@H](C(=O)O)C1)C(=O)C2. The number of nitrogens with one attached hydrogen (secondary N) is 1. The van der Waals surface area contributed by atoms with E-state index in [1.54, 1.807) is 0 Å². The van der Waals surface area contributed by atoms with Gasteiger partial charge in [0.15, 0.2) is 0 Å². The minimum absolute atomic E-state index is 0.0267. The van der Waals surface area contributed by atoms with E-state index < -0.39 is 33.6 Å². The molecule has 3 rings (SSSR count). The Balaban J connectivity index is 1.72. The fourth-order valence-electron chi connectivity index (χ4n) is 4.62. The van der Waals surface area contributed by atoms with Crippen molar-refractivity contribution in [3.8, 4) is 0 Å². The number of aliphatic carboxylic acids is 1. The van der Waals surface area contributed by atoms with Gasteiger partial charge in [0, 0.05) is 19.4 Å². The molecule has 23 heavy (non-hydrogen) atoms. The smallest absolute Gasteiger partial charge is 0.320 e. The van der Waals surface area contributed by atoms with Crippen molar-refractivity contribution in [1.82, 2.24) is 5.32 Å². The number of carboxylic acids is 1. The van der Waals surface area contributed by atoms with E-state index in [9.17, 15) is 18.0 Å².